The molecule has 0 fully saturated rings. The summed E-state index contributed by atoms with van der Waals surface area (Å²) in [6.45, 7) is 4.31. The number of hydrogen-bond acceptors (Lipinski definition) is 1. The van der Waals surface area contributed by atoms with Crippen molar-refractivity contribution in [2.45, 2.75) is 25.0 Å². The maximum Gasteiger partial charge on any atom is 0.111 e. The molecule has 0 spiro atoms. The van der Waals surface area contributed by atoms with Gasteiger partial charge in [0.2, 0.25) is 0 Å². The van der Waals surface area contributed by atoms with E-state index in [9.17, 15) is 0 Å². The van der Waals surface area contributed by atoms with Gasteiger partial charge in [0.25, 0.3) is 0 Å². The molecule has 84 valence electrons. The van der Waals surface area contributed by atoms with Crippen LogP contribution in [0.3, 0.4) is 0 Å². The topological polar surface area (TPSA) is 9.23 Å². The van der Waals surface area contributed by atoms with Crippen molar-refractivity contribution >= 4 is 10.8 Å². The number of benzene rings is 2. The molecule has 2 heterocycles. The van der Waals surface area contributed by atoms with Crippen molar-refractivity contribution in [2.75, 3.05) is 0 Å². The monoisotopic (exact) mass is 222 g/mol. The average Bonchev–Trinajstić information content (AvgIpc) is 2.77. The van der Waals surface area contributed by atoms with Crippen molar-refractivity contribution in [1.82, 2.24) is 0 Å². The Balaban J connectivity index is 2.19. The molecule has 2 bridgehead atoms. The molecule has 4 rings (SSSR count). The maximum atomic E-state index is 6.21. The fourth-order valence-corrected chi connectivity index (χ4v) is 3.33. The molecule has 1 heteroatoms. The van der Waals surface area contributed by atoms with Crippen LogP contribution in [-0.4, -0.2) is 0 Å². The van der Waals surface area contributed by atoms with Crippen LogP contribution in [0.4, 0.5) is 0 Å². The Bertz CT molecular complexity index is 670. The first kappa shape index (κ1) is 9.43. The van der Waals surface area contributed by atoms with Gasteiger partial charge in [-0.2, -0.15) is 0 Å². The van der Waals surface area contributed by atoms with E-state index in [1.165, 1.54) is 21.9 Å². The van der Waals surface area contributed by atoms with Crippen LogP contribution in [0.5, 0.6) is 0 Å². The van der Waals surface area contributed by atoms with E-state index in [2.05, 4.69) is 62.4 Å². The molecule has 0 saturated heterocycles. The molecule has 0 saturated carbocycles. The van der Waals surface area contributed by atoms with Crippen LogP contribution in [0.1, 0.15) is 25.0 Å². The summed E-state index contributed by atoms with van der Waals surface area (Å²) in [6, 6.07) is 13.0. The maximum absolute atomic E-state index is 6.21. The summed E-state index contributed by atoms with van der Waals surface area (Å²) in [5.41, 5.74) is 2.20. The van der Waals surface area contributed by atoms with Crippen molar-refractivity contribution in [3.05, 3.63) is 59.7 Å². The summed E-state index contributed by atoms with van der Waals surface area (Å²) in [7, 11) is 0. The molecule has 1 nitrogen and oxygen atoms in total. The first-order chi connectivity index (χ1) is 8.12. The van der Waals surface area contributed by atoms with Gasteiger partial charge in [-0.15, -0.1) is 0 Å². The van der Waals surface area contributed by atoms with Crippen LogP contribution in [0.2, 0.25) is 0 Å². The number of hydrogen-bond donors (Lipinski definition) is 0. The van der Waals surface area contributed by atoms with Gasteiger partial charge in [-0.25, -0.2) is 0 Å². The molecular weight excluding hydrogens is 208 g/mol. The smallest absolute Gasteiger partial charge is 0.111 e. The van der Waals surface area contributed by atoms with Crippen molar-refractivity contribution in [3.63, 3.8) is 0 Å². The molecule has 2 aliphatic rings. The molecule has 17 heavy (non-hydrogen) atoms. The highest BCUT2D eigenvalue weighted by atomic mass is 16.5. The Hall–Kier alpha value is -1.60. The van der Waals surface area contributed by atoms with E-state index in [0.717, 1.165) is 0 Å². The first-order valence-corrected chi connectivity index (χ1v) is 6.06. The molecule has 0 aromatic heterocycles. The summed E-state index contributed by atoms with van der Waals surface area (Å²) in [5.74, 6) is 0. The van der Waals surface area contributed by atoms with Gasteiger partial charge in [0.15, 0.2) is 0 Å². The fraction of sp³-hybridized carbons (Fsp3) is 0.250. The van der Waals surface area contributed by atoms with Crippen LogP contribution in [0.15, 0.2) is 48.6 Å². The number of fused-ring (bicyclic) bond motifs is 7. The van der Waals surface area contributed by atoms with Crippen LogP contribution in [0, 0.1) is 0 Å². The average molecular weight is 222 g/mol. The third-order valence-electron chi connectivity index (χ3n) is 4.10. The van der Waals surface area contributed by atoms with E-state index in [1.54, 1.807) is 0 Å². The molecule has 2 unspecified atom stereocenters. The van der Waals surface area contributed by atoms with Crippen LogP contribution < -0.4 is 0 Å². The molecule has 0 aliphatic carbocycles. The Morgan fingerprint density at radius 2 is 1.65 bits per heavy atom. The number of rotatable bonds is 0. The van der Waals surface area contributed by atoms with Gasteiger partial charge in [0, 0.05) is 5.56 Å². The van der Waals surface area contributed by atoms with Gasteiger partial charge in [-0.05, 0) is 42.3 Å². The zero-order valence-corrected chi connectivity index (χ0v) is 10.0. The van der Waals surface area contributed by atoms with Crippen molar-refractivity contribution in [2.24, 2.45) is 0 Å². The van der Waals surface area contributed by atoms with Crippen LogP contribution in [0.25, 0.3) is 10.8 Å². The lowest BCUT2D eigenvalue weighted by Crippen LogP contribution is -2.17. The van der Waals surface area contributed by atoms with Gasteiger partial charge >= 0.3 is 0 Å². The highest BCUT2D eigenvalue weighted by Gasteiger charge is 2.51. The minimum absolute atomic E-state index is 0.228. The van der Waals surface area contributed by atoms with E-state index in [1.807, 2.05) is 0 Å². The second-order valence-corrected chi connectivity index (χ2v) is 5.36. The lowest BCUT2D eigenvalue weighted by Gasteiger charge is -2.20. The van der Waals surface area contributed by atoms with E-state index < -0.39 is 0 Å². The molecule has 2 aromatic rings. The zero-order valence-electron chi connectivity index (χ0n) is 10.0. The minimum atomic E-state index is -0.245. The van der Waals surface area contributed by atoms with Gasteiger partial charge in [-0.3, -0.25) is 0 Å². The third kappa shape index (κ3) is 0.985. The Kier molecular flexibility index (Phi) is 1.46. The summed E-state index contributed by atoms with van der Waals surface area (Å²) in [6.07, 6.45) is 4.38. The lowest BCUT2D eigenvalue weighted by molar-refractivity contribution is -0.0490. The Labute approximate surface area is 101 Å². The summed E-state index contributed by atoms with van der Waals surface area (Å²) >= 11 is 0. The summed E-state index contributed by atoms with van der Waals surface area (Å²) < 4.78 is 6.21. The molecule has 0 amide bonds. The van der Waals surface area contributed by atoms with E-state index in [-0.39, 0.29) is 11.2 Å². The molecule has 0 radical (unpaired) electrons. The van der Waals surface area contributed by atoms with E-state index in [4.69, 9.17) is 4.74 Å². The minimum Gasteiger partial charge on any atom is -0.351 e. The van der Waals surface area contributed by atoms with Crippen molar-refractivity contribution in [1.29, 1.82) is 0 Å². The second kappa shape index (κ2) is 2.62. The van der Waals surface area contributed by atoms with Gasteiger partial charge < -0.3 is 4.74 Å². The first-order valence-electron chi connectivity index (χ1n) is 6.06. The zero-order chi connectivity index (χ0) is 11.7. The van der Waals surface area contributed by atoms with Gasteiger partial charge in [-0.1, -0.05) is 36.4 Å². The highest BCUT2D eigenvalue weighted by molar-refractivity contribution is 5.89. The largest absolute Gasteiger partial charge is 0.351 e. The Morgan fingerprint density at radius 1 is 0.882 bits per heavy atom. The van der Waals surface area contributed by atoms with Gasteiger partial charge in [0.1, 0.15) is 11.2 Å². The molecular formula is C16H14O. The SMILES string of the molecule is CC12C=CC(C)(O1)c1c2ccc2ccccc12. The van der Waals surface area contributed by atoms with E-state index in [0.29, 0.717) is 0 Å². The van der Waals surface area contributed by atoms with Gasteiger partial charge in [0.05, 0.1) is 0 Å². The second-order valence-electron chi connectivity index (χ2n) is 5.36. The van der Waals surface area contributed by atoms with Crippen molar-refractivity contribution in [3.8, 4) is 0 Å². The molecule has 0 N–H and O–H groups in total. The number of ether oxygens (including phenoxy) is 1. The molecule has 2 aliphatic heterocycles. The summed E-state index contributed by atoms with van der Waals surface area (Å²) in [4.78, 5) is 0. The normalized spacial score (nSPS) is 33.3. The Morgan fingerprint density at radius 3 is 2.53 bits per heavy atom. The van der Waals surface area contributed by atoms with E-state index >= 15 is 0 Å². The quantitative estimate of drug-likeness (QED) is 0.615. The predicted octanol–water partition coefficient (Wildman–Crippen LogP) is 3.87. The van der Waals surface area contributed by atoms with Crippen LogP contribution >= 0.6 is 0 Å². The lowest BCUT2D eigenvalue weighted by atomic mass is 9.81. The standard InChI is InChI=1S/C16H14O/c1-15-9-10-16(2,17-15)14-12-6-4-3-5-11(12)7-8-13(14)15/h3-10H,1-2H3. The summed E-state index contributed by atoms with van der Waals surface area (Å²) in [5, 5.41) is 2.61. The predicted molar refractivity (Wildman–Crippen MR) is 68.9 cm³/mol. The third-order valence-corrected chi connectivity index (χ3v) is 4.10. The van der Waals surface area contributed by atoms with Crippen molar-refractivity contribution < 1.29 is 4.74 Å². The highest BCUT2D eigenvalue weighted by Crippen LogP contribution is 2.55. The fourth-order valence-electron chi connectivity index (χ4n) is 3.33. The van der Waals surface area contributed by atoms with Crippen LogP contribution in [-0.2, 0) is 15.9 Å². The molecule has 2 aromatic carbocycles. The molecule has 2 atom stereocenters.